The number of aromatic nitrogens is 1. The molecule has 1 fully saturated rings. The van der Waals surface area contributed by atoms with E-state index in [9.17, 15) is 13.2 Å². The van der Waals surface area contributed by atoms with Gasteiger partial charge in [0.25, 0.3) is 0 Å². The second-order valence-electron chi connectivity index (χ2n) is 8.30. The van der Waals surface area contributed by atoms with Crippen LogP contribution in [0.1, 0.15) is 45.0 Å². The van der Waals surface area contributed by atoms with Crippen LogP contribution in [0.4, 0.5) is 13.2 Å². The minimum atomic E-state index is -4.44. The molecule has 0 N–H and O–H groups in total. The summed E-state index contributed by atoms with van der Waals surface area (Å²) in [5.41, 5.74) is -0.490. The largest absolute Gasteiger partial charge is 0.479 e. The number of nitrogens with zero attached hydrogens (tertiary/aromatic N) is 2. The van der Waals surface area contributed by atoms with Crippen molar-refractivity contribution in [2.24, 2.45) is 0 Å². The molecule has 7 heteroatoms. The fraction of sp³-hybridized carbons (Fsp3) is 0.500. The summed E-state index contributed by atoms with van der Waals surface area (Å²) in [5.74, 6) is 0.404. The molecule has 1 aromatic carbocycles. The molecule has 0 saturated carbocycles. The van der Waals surface area contributed by atoms with Crippen LogP contribution in [0, 0.1) is 0 Å². The number of fused-ring (bicyclic) bond motifs is 4. The van der Waals surface area contributed by atoms with Crippen LogP contribution in [0.2, 0.25) is 5.02 Å². The van der Waals surface area contributed by atoms with Gasteiger partial charge >= 0.3 is 6.18 Å². The van der Waals surface area contributed by atoms with Gasteiger partial charge in [-0.3, -0.25) is 4.90 Å². The van der Waals surface area contributed by atoms with Crippen molar-refractivity contribution in [1.29, 1.82) is 0 Å². The molecular weight excluding hydrogens is 377 g/mol. The van der Waals surface area contributed by atoms with Crippen molar-refractivity contribution in [2.45, 2.75) is 50.9 Å². The van der Waals surface area contributed by atoms with E-state index in [0.717, 1.165) is 19.2 Å². The third-order valence-corrected chi connectivity index (χ3v) is 5.86. The Morgan fingerprint density at radius 2 is 1.70 bits per heavy atom. The molecule has 27 heavy (non-hydrogen) atoms. The number of halogens is 4. The second kappa shape index (κ2) is 5.92. The highest BCUT2D eigenvalue weighted by Gasteiger charge is 2.48. The Bertz CT molecular complexity index is 874. The lowest BCUT2D eigenvalue weighted by molar-refractivity contribution is -0.143. The summed E-state index contributed by atoms with van der Waals surface area (Å²) in [7, 11) is 0. The standard InChI is InChI=1S/C20H22ClF3N2O/c1-18(2,3)25-10-8-19(9-11-25)16-6-7-17(20(22,23)24)26(16)14-5-4-13(21)12-15(14)27-19/h4-7,12H,8-11H2,1-3H3. The van der Waals surface area contributed by atoms with Crippen molar-refractivity contribution in [1.82, 2.24) is 9.47 Å². The van der Waals surface area contributed by atoms with E-state index in [2.05, 4.69) is 25.7 Å². The van der Waals surface area contributed by atoms with E-state index in [1.807, 2.05) is 0 Å². The number of likely N-dealkylation sites (tertiary alicyclic amines) is 1. The molecule has 4 rings (SSSR count). The quantitative estimate of drug-likeness (QED) is 0.572. The lowest BCUT2D eigenvalue weighted by atomic mass is 9.84. The minimum absolute atomic E-state index is 0.0105. The average molecular weight is 399 g/mol. The summed E-state index contributed by atoms with van der Waals surface area (Å²) in [4.78, 5) is 2.34. The second-order valence-corrected chi connectivity index (χ2v) is 8.74. The van der Waals surface area contributed by atoms with Crippen LogP contribution in [-0.4, -0.2) is 28.1 Å². The van der Waals surface area contributed by atoms with Crippen molar-refractivity contribution >= 4 is 11.6 Å². The highest BCUT2D eigenvalue weighted by atomic mass is 35.5. The van der Waals surface area contributed by atoms with Crippen molar-refractivity contribution in [3.05, 3.63) is 46.7 Å². The number of ether oxygens (including phenoxy) is 1. The monoisotopic (exact) mass is 398 g/mol. The van der Waals surface area contributed by atoms with Crippen molar-refractivity contribution in [3.8, 4) is 11.4 Å². The smallest absolute Gasteiger partial charge is 0.431 e. The Kier molecular flexibility index (Phi) is 4.10. The Labute approximate surface area is 161 Å². The number of alkyl halides is 3. The van der Waals surface area contributed by atoms with Crippen LogP contribution in [0.5, 0.6) is 5.75 Å². The SMILES string of the molecule is CC(C)(C)N1CCC2(CC1)Oc1cc(Cl)ccc1-n1c(C(F)(F)F)ccc12. The van der Waals surface area contributed by atoms with Crippen LogP contribution in [0.25, 0.3) is 5.69 Å². The fourth-order valence-electron chi connectivity index (χ4n) is 4.19. The first-order valence-corrected chi connectivity index (χ1v) is 9.42. The molecule has 0 aliphatic carbocycles. The topological polar surface area (TPSA) is 17.4 Å². The van der Waals surface area contributed by atoms with Gasteiger partial charge in [-0.1, -0.05) is 11.6 Å². The molecule has 2 aliphatic heterocycles. The molecule has 2 aliphatic rings. The highest BCUT2D eigenvalue weighted by Crippen LogP contribution is 2.49. The number of piperidine rings is 1. The third kappa shape index (κ3) is 3.03. The van der Waals surface area contributed by atoms with Crippen molar-refractivity contribution in [2.75, 3.05) is 13.1 Å². The molecule has 3 heterocycles. The summed E-state index contributed by atoms with van der Waals surface area (Å²) in [6.07, 6.45) is -3.20. The molecule has 0 amide bonds. The van der Waals surface area contributed by atoms with Gasteiger partial charge < -0.3 is 9.30 Å². The first-order chi connectivity index (χ1) is 12.5. The van der Waals surface area contributed by atoms with Crippen LogP contribution in [0.15, 0.2) is 30.3 Å². The predicted octanol–water partition coefficient (Wildman–Crippen LogP) is 5.63. The molecule has 0 radical (unpaired) electrons. The zero-order valence-electron chi connectivity index (χ0n) is 15.5. The maximum Gasteiger partial charge on any atom is 0.431 e. The van der Waals surface area contributed by atoms with E-state index in [1.54, 1.807) is 24.3 Å². The Morgan fingerprint density at radius 3 is 2.30 bits per heavy atom. The summed E-state index contributed by atoms with van der Waals surface area (Å²) in [6, 6.07) is 7.51. The number of rotatable bonds is 0. The lowest BCUT2D eigenvalue weighted by Crippen LogP contribution is -2.53. The summed E-state index contributed by atoms with van der Waals surface area (Å²) in [5, 5.41) is 0.445. The van der Waals surface area contributed by atoms with Crippen LogP contribution >= 0.6 is 11.6 Å². The molecule has 1 spiro atoms. The molecule has 146 valence electrons. The van der Waals surface area contributed by atoms with E-state index in [1.165, 1.54) is 4.57 Å². The molecule has 0 bridgehead atoms. The Hall–Kier alpha value is -1.66. The Morgan fingerprint density at radius 1 is 1.04 bits per heavy atom. The van der Waals surface area contributed by atoms with Crippen molar-refractivity contribution < 1.29 is 17.9 Å². The number of hydrogen-bond acceptors (Lipinski definition) is 2. The van der Waals surface area contributed by atoms with E-state index in [4.69, 9.17) is 16.3 Å². The van der Waals surface area contributed by atoms with Gasteiger partial charge in [0, 0.05) is 42.6 Å². The molecule has 3 nitrogen and oxygen atoms in total. The van der Waals surface area contributed by atoms with Crippen LogP contribution in [-0.2, 0) is 11.8 Å². The van der Waals surface area contributed by atoms with Crippen LogP contribution < -0.4 is 4.74 Å². The lowest BCUT2D eigenvalue weighted by Gasteiger charge is -2.48. The van der Waals surface area contributed by atoms with Gasteiger partial charge in [-0.05, 0) is 45.0 Å². The van der Waals surface area contributed by atoms with Crippen LogP contribution in [0.3, 0.4) is 0 Å². The van der Waals surface area contributed by atoms with Gasteiger partial charge in [0.2, 0.25) is 0 Å². The molecule has 0 atom stereocenters. The minimum Gasteiger partial charge on any atom is -0.479 e. The average Bonchev–Trinajstić information content (AvgIpc) is 3.00. The molecular formula is C20H22ClF3N2O. The Balaban J connectivity index is 1.83. The summed E-state index contributed by atoms with van der Waals surface area (Å²) >= 11 is 6.10. The van der Waals surface area contributed by atoms with E-state index >= 15 is 0 Å². The highest BCUT2D eigenvalue weighted by molar-refractivity contribution is 6.30. The fourth-order valence-corrected chi connectivity index (χ4v) is 4.35. The molecule has 1 aromatic heterocycles. The third-order valence-electron chi connectivity index (χ3n) is 5.63. The summed E-state index contributed by atoms with van der Waals surface area (Å²) in [6.45, 7) is 7.95. The van der Waals surface area contributed by atoms with Gasteiger partial charge in [0.1, 0.15) is 11.4 Å². The maximum atomic E-state index is 13.7. The first-order valence-electron chi connectivity index (χ1n) is 9.05. The van der Waals surface area contributed by atoms with Gasteiger partial charge in [-0.15, -0.1) is 0 Å². The van der Waals surface area contributed by atoms with E-state index in [0.29, 0.717) is 35.0 Å². The van der Waals surface area contributed by atoms with Gasteiger partial charge in [0.15, 0.2) is 5.60 Å². The normalized spacial score (nSPS) is 19.5. The first kappa shape index (κ1) is 18.7. The zero-order valence-corrected chi connectivity index (χ0v) is 16.3. The van der Waals surface area contributed by atoms with Crippen molar-refractivity contribution in [3.63, 3.8) is 0 Å². The van der Waals surface area contributed by atoms with Gasteiger partial charge in [0.05, 0.1) is 11.4 Å². The molecule has 0 unspecified atom stereocenters. The van der Waals surface area contributed by atoms with Gasteiger partial charge in [-0.25, -0.2) is 0 Å². The van der Waals surface area contributed by atoms with E-state index < -0.39 is 17.5 Å². The molecule has 2 aromatic rings. The van der Waals surface area contributed by atoms with Gasteiger partial charge in [-0.2, -0.15) is 13.2 Å². The zero-order chi connectivity index (χ0) is 19.6. The maximum absolute atomic E-state index is 13.7. The number of hydrogen-bond donors (Lipinski definition) is 0. The summed E-state index contributed by atoms with van der Waals surface area (Å²) < 4.78 is 48.6. The van der Waals surface area contributed by atoms with E-state index in [-0.39, 0.29) is 5.54 Å². The predicted molar refractivity (Wildman–Crippen MR) is 98.6 cm³/mol. The molecule has 1 saturated heterocycles. The number of benzene rings is 1.